The van der Waals surface area contributed by atoms with Gasteiger partial charge in [-0.05, 0) is 36.8 Å². The zero-order valence-electron chi connectivity index (χ0n) is 17.8. The maximum absolute atomic E-state index is 12.7. The van der Waals surface area contributed by atoms with Crippen molar-refractivity contribution in [2.24, 2.45) is 0 Å². The third kappa shape index (κ3) is 5.12. The summed E-state index contributed by atoms with van der Waals surface area (Å²) in [6.45, 7) is 2.97. The lowest BCUT2D eigenvalue weighted by Crippen LogP contribution is -2.26. The van der Waals surface area contributed by atoms with Crippen molar-refractivity contribution in [1.82, 2.24) is 24.9 Å². The molecule has 32 heavy (non-hydrogen) atoms. The molecule has 0 saturated carbocycles. The molecule has 0 radical (unpaired) electrons. The molecule has 0 aliphatic carbocycles. The van der Waals surface area contributed by atoms with Gasteiger partial charge in [-0.1, -0.05) is 23.4 Å². The Labute approximate surface area is 184 Å². The maximum Gasteiger partial charge on any atom is 0.254 e. The van der Waals surface area contributed by atoms with Gasteiger partial charge in [-0.15, -0.1) is 5.10 Å². The molecule has 9 heteroatoms. The van der Waals surface area contributed by atoms with Crippen LogP contribution in [-0.4, -0.2) is 42.9 Å². The minimum atomic E-state index is -0.0977. The van der Waals surface area contributed by atoms with E-state index in [0.29, 0.717) is 35.9 Å². The summed E-state index contributed by atoms with van der Waals surface area (Å²) in [4.78, 5) is 18.3. The Morgan fingerprint density at radius 2 is 2.03 bits per heavy atom. The molecule has 0 bridgehead atoms. The fourth-order valence-electron chi connectivity index (χ4n) is 3.14. The molecule has 164 valence electrons. The van der Waals surface area contributed by atoms with E-state index in [2.05, 4.69) is 15.3 Å². The standard InChI is InChI=1S/C23H23N5O4/c1-16-22(32-15-24-16)13-27(2)23(30)18-8-6-17(7-9-18)11-28-12-19(25-26-28)14-31-21-5-3-4-20(29)10-21/h3-10,12,15,29H,11,13-14H2,1-2H3. The predicted molar refractivity (Wildman–Crippen MR) is 115 cm³/mol. The summed E-state index contributed by atoms with van der Waals surface area (Å²) in [5.41, 5.74) is 3.02. The zero-order chi connectivity index (χ0) is 22.5. The van der Waals surface area contributed by atoms with Crippen LogP contribution in [0.1, 0.15) is 33.1 Å². The van der Waals surface area contributed by atoms with Crippen molar-refractivity contribution in [3.63, 3.8) is 0 Å². The highest BCUT2D eigenvalue weighted by molar-refractivity contribution is 5.94. The van der Waals surface area contributed by atoms with Gasteiger partial charge in [0.15, 0.2) is 6.39 Å². The van der Waals surface area contributed by atoms with Crippen LogP contribution in [0, 0.1) is 6.92 Å². The SMILES string of the molecule is Cc1ncoc1CN(C)C(=O)c1ccc(Cn2cc(COc3cccc(O)c3)nn2)cc1. The van der Waals surface area contributed by atoms with Crippen molar-refractivity contribution in [3.8, 4) is 11.5 Å². The number of carbonyl (C=O) groups is 1. The molecular formula is C23H23N5O4. The number of phenolic OH excluding ortho intramolecular Hbond substituents is 1. The lowest BCUT2D eigenvalue weighted by molar-refractivity contribution is 0.0775. The van der Waals surface area contributed by atoms with Crippen LogP contribution in [0.15, 0.2) is 65.5 Å². The predicted octanol–water partition coefficient (Wildman–Crippen LogP) is 3.18. The third-order valence-electron chi connectivity index (χ3n) is 4.91. The molecule has 4 aromatic rings. The summed E-state index contributed by atoms with van der Waals surface area (Å²) in [7, 11) is 1.73. The number of rotatable bonds is 8. The molecule has 2 aromatic heterocycles. The number of aromatic nitrogens is 4. The number of ether oxygens (including phenoxy) is 1. The normalized spacial score (nSPS) is 10.8. The Bertz CT molecular complexity index is 1200. The first kappa shape index (κ1) is 21.1. The second-order valence-corrected chi connectivity index (χ2v) is 7.41. The highest BCUT2D eigenvalue weighted by atomic mass is 16.5. The second kappa shape index (κ2) is 9.34. The van der Waals surface area contributed by atoms with E-state index in [4.69, 9.17) is 9.15 Å². The fraction of sp³-hybridized carbons (Fsp3) is 0.217. The van der Waals surface area contributed by atoms with Crippen LogP contribution in [-0.2, 0) is 19.7 Å². The van der Waals surface area contributed by atoms with Crippen molar-refractivity contribution in [3.05, 3.63) is 89.4 Å². The lowest BCUT2D eigenvalue weighted by Gasteiger charge is -2.16. The molecular weight excluding hydrogens is 410 g/mol. The van der Waals surface area contributed by atoms with Crippen molar-refractivity contribution in [2.45, 2.75) is 26.6 Å². The van der Waals surface area contributed by atoms with Gasteiger partial charge in [0.2, 0.25) is 0 Å². The number of phenols is 1. The van der Waals surface area contributed by atoms with E-state index in [1.165, 1.54) is 12.5 Å². The minimum Gasteiger partial charge on any atom is -0.508 e. The van der Waals surface area contributed by atoms with Gasteiger partial charge in [-0.3, -0.25) is 4.79 Å². The van der Waals surface area contributed by atoms with Gasteiger partial charge in [0.1, 0.15) is 29.6 Å². The highest BCUT2D eigenvalue weighted by Gasteiger charge is 2.15. The van der Waals surface area contributed by atoms with Crippen LogP contribution in [0.25, 0.3) is 0 Å². The summed E-state index contributed by atoms with van der Waals surface area (Å²) in [6, 6.07) is 14.0. The Morgan fingerprint density at radius 1 is 1.22 bits per heavy atom. The van der Waals surface area contributed by atoms with Crippen LogP contribution in [0.3, 0.4) is 0 Å². The molecule has 2 aromatic carbocycles. The van der Waals surface area contributed by atoms with Crippen LogP contribution < -0.4 is 4.74 Å². The molecule has 0 saturated heterocycles. The van der Waals surface area contributed by atoms with Crippen LogP contribution in [0.2, 0.25) is 0 Å². The number of hydrogen-bond donors (Lipinski definition) is 1. The molecule has 1 amide bonds. The molecule has 0 spiro atoms. The number of oxazole rings is 1. The maximum atomic E-state index is 12.7. The summed E-state index contributed by atoms with van der Waals surface area (Å²) in [5.74, 6) is 1.28. The van der Waals surface area contributed by atoms with E-state index in [1.54, 1.807) is 53.2 Å². The zero-order valence-corrected chi connectivity index (χ0v) is 17.8. The Kier molecular flexibility index (Phi) is 6.16. The molecule has 0 fully saturated rings. The molecule has 0 aliphatic heterocycles. The summed E-state index contributed by atoms with van der Waals surface area (Å²) in [5, 5.41) is 17.7. The van der Waals surface area contributed by atoms with Crippen LogP contribution in [0.4, 0.5) is 0 Å². The topological polar surface area (TPSA) is 107 Å². The molecule has 1 N–H and O–H groups in total. The number of amides is 1. The van der Waals surface area contributed by atoms with Gasteiger partial charge in [-0.2, -0.15) is 0 Å². The largest absolute Gasteiger partial charge is 0.508 e. The van der Waals surface area contributed by atoms with E-state index in [0.717, 1.165) is 11.3 Å². The quantitative estimate of drug-likeness (QED) is 0.455. The number of carbonyl (C=O) groups excluding carboxylic acids is 1. The van der Waals surface area contributed by atoms with E-state index in [-0.39, 0.29) is 18.3 Å². The summed E-state index contributed by atoms with van der Waals surface area (Å²) in [6.07, 6.45) is 3.18. The Morgan fingerprint density at radius 3 is 2.75 bits per heavy atom. The van der Waals surface area contributed by atoms with Gasteiger partial charge >= 0.3 is 0 Å². The first-order valence-electron chi connectivity index (χ1n) is 10.0. The fourth-order valence-corrected chi connectivity index (χ4v) is 3.14. The van der Waals surface area contributed by atoms with Gasteiger partial charge in [0.25, 0.3) is 5.91 Å². The number of aryl methyl sites for hydroxylation is 1. The van der Waals surface area contributed by atoms with Crippen LogP contribution in [0.5, 0.6) is 11.5 Å². The third-order valence-corrected chi connectivity index (χ3v) is 4.91. The first-order valence-corrected chi connectivity index (χ1v) is 10.0. The molecule has 0 unspecified atom stereocenters. The number of benzene rings is 2. The Hall–Kier alpha value is -4.14. The molecule has 0 atom stereocenters. The average Bonchev–Trinajstić information content (AvgIpc) is 3.41. The monoisotopic (exact) mass is 433 g/mol. The smallest absolute Gasteiger partial charge is 0.254 e. The summed E-state index contributed by atoms with van der Waals surface area (Å²) < 4.78 is 12.6. The molecule has 0 aliphatic rings. The lowest BCUT2D eigenvalue weighted by atomic mass is 10.1. The number of aromatic hydroxyl groups is 1. The van der Waals surface area contributed by atoms with Gasteiger partial charge in [0.05, 0.1) is 25.0 Å². The number of hydrogen-bond acceptors (Lipinski definition) is 7. The van der Waals surface area contributed by atoms with Crippen molar-refractivity contribution in [2.75, 3.05) is 7.05 Å². The van der Waals surface area contributed by atoms with Crippen molar-refractivity contribution >= 4 is 5.91 Å². The van der Waals surface area contributed by atoms with Crippen LogP contribution >= 0.6 is 0 Å². The van der Waals surface area contributed by atoms with Crippen molar-refractivity contribution in [1.29, 1.82) is 0 Å². The second-order valence-electron chi connectivity index (χ2n) is 7.41. The number of nitrogens with zero attached hydrogens (tertiary/aromatic N) is 5. The Balaban J connectivity index is 1.32. The minimum absolute atomic E-state index is 0.0977. The van der Waals surface area contributed by atoms with Gasteiger partial charge in [0, 0.05) is 18.7 Å². The highest BCUT2D eigenvalue weighted by Crippen LogP contribution is 2.18. The van der Waals surface area contributed by atoms with E-state index in [9.17, 15) is 9.90 Å². The molecule has 4 rings (SSSR count). The summed E-state index contributed by atoms with van der Waals surface area (Å²) >= 11 is 0. The van der Waals surface area contributed by atoms with Gasteiger partial charge in [-0.25, -0.2) is 9.67 Å². The first-order chi connectivity index (χ1) is 15.5. The van der Waals surface area contributed by atoms with Gasteiger partial charge < -0.3 is 19.2 Å². The van der Waals surface area contributed by atoms with Crippen molar-refractivity contribution < 1.29 is 19.1 Å². The molecule has 9 nitrogen and oxygen atoms in total. The van der Waals surface area contributed by atoms with E-state index >= 15 is 0 Å². The average molecular weight is 433 g/mol. The van der Waals surface area contributed by atoms with E-state index in [1.807, 2.05) is 19.1 Å². The molecule has 2 heterocycles. The van der Waals surface area contributed by atoms with E-state index < -0.39 is 0 Å².